The minimum Gasteiger partial charge on any atom is -0.462 e. The highest BCUT2D eigenvalue weighted by atomic mass is 35.5. The molecule has 1 aliphatic rings. The van der Waals surface area contributed by atoms with Crippen LogP contribution in [0.2, 0.25) is 0 Å². The highest BCUT2D eigenvalue weighted by molar-refractivity contribution is 6.19. The highest BCUT2D eigenvalue weighted by Gasteiger charge is 2.37. The second kappa shape index (κ2) is 6.96. The molecule has 1 atom stereocenters. The lowest BCUT2D eigenvalue weighted by Crippen LogP contribution is -2.27. The van der Waals surface area contributed by atoms with Crippen LogP contribution in [0.1, 0.15) is 18.4 Å². The lowest BCUT2D eigenvalue weighted by molar-refractivity contribution is -0.139. The van der Waals surface area contributed by atoms with E-state index >= 15 is 0 Å². The maximum Gasteiger partial charge on any atom is 0.340 e. The van der Waals surface area contributed by atoms with Gasteiger partial charge in [-0.1, -0.05) is 6.07 Å². The number of carbonyl (C=O) groups excluding carboxylic acids is 1. The van der Waals surface area contributed by atoms with E-state index in [1.807, 2.05) is 6.07 Å². The lowest BCUT2D eigenvalue weighted by Gasteiger charge is -2.27. The Bertz CT molecular complexity index is 677. The number of nitriles is 1. The molecular formula is C15H14ClN3O3. The number of hydrogen-bond acceptors (Lipinski definition) is 6. The summed E-state index contributed by atoms with van der Waals surface area (Å²) in [5.41, 5.74) is 6.80. The number of allylic oxidation sites excluding steroid dienone is 2. The van der Waals surface area contributed by atoms with E-state index in [1.165, 1.54) is 0 Å². The Balaban J connectivity index is 2.61. The van der Waals surface area contributed by atoms with E-state index in [2.05, 4.69) is 4.98 Å². The Labute approximate surface area is 132 Å². The van der Waals surface area contributed by atoms with Crippen molar-refractivity contribution in [2.45, 2.75) is 12.8 Å². The number of pyridine rings is 1. The number of carbonyl (C=O) groups is 1. The van der Waals surface area contributed by atoms with E-state index in [0.29, 0.717) is 5.56 Å². The van der Waals surface area contributed by atoms with Gasteiger partial charge in [0.25, 0.3) is 0 Å². The van der Waals surface area contributed by atoms with Crippen LogP contribution in [0.25, 0.3) is 0 Å². The van der Waals surface area contributed by atoms with Crippen LogP contribution in [0.3, 0.4) is 0 Å². The summed E-state index contributed by atoms with van der Waals surface area (Å²) in [7, 11) is 0. The molecule has 0 saturated heterocycles. The molecule has 1 aromatic rings. The van der Waals surface area contributed by atoms with E-state index in [4.69, 9.17) is 26.8 Å². The van der Waals surface area contributed by atoms with Crippen LogP contribution in [0.15, 0.2) is 47.3 Å². The summed E-state index contributed by atoms with van der Waals surface area (Å²) in [5.74, 6) is -1.25. The van der Waals surface area contributed by atoms with Crippen LogP contribution in [0, 0.1) is 11.3 Å². The number of esters is 1. The van der Waals surface area contributed by atoms with Crippen molar-refractivity contribution in [2.75, 3.05) is 12.5 Å². The normalized spacial score (nSPS) is 17.8. The summed E-state index contributed by atoms with van der Waals surface area (Å²) in [4.78, 5) is 16.2. The van der Waals surface area contributed by atoms with Crippen LogP contribution in [-0.2, 0) is 14.3 Å². The topological polar surface area (TPSA) is 98.2 Å². The summed E-state index contributed by atoms with van der Waals surface area (Å²) in [5, 5.41) is 9.46. The number of aromatic nitrogens is 1. The molecule has 0 saturated carbocycles. The molecule has 0 unspecified atom stereocenters. The molecule has 1 aliphatic heterocycles. The molecule has 0 spiro atoms. The monoisotopic (exact) mass is 319 g/mol. The number of alkyl halides is 1. The number of nitrogens with zero attached hydrogens (tertiary/aromatic N) is 2. The van der Waals surface area contributed by atoms with Crippen molar-refractivity contribution in [1.29, 1.82) is 5.26 Å². The van der Waals surface area contributed by atoms with Gasteiger partial charge in [-0.3, -0.25) is 4.98 Å². The molecule has 2 heterocycles. The Morgan fingerprint density at radius 1 is 1.64 bits per heavy atom. The third-order valence-electron chi connectivity index (χ3n) is 3.13. The molecule has 0 amide bonds. The first kappa shape index (κ1) is 15.9. The second-order valence-corrected chi connectivity index (χ2v) is 4.67. The molecule has 6 nitrogen and oxygen atoms in total. The number of rotatable bonds is 4. The Hall–Kier alpha value is -2.52. The molecule has 2 rings (SSSR count). The molecule has 7 heteroatoms. The minimum atomic E-state index is -0.708. The van der Waals surface area contributed by atoms with E-state index in [9.17, 15) is 10.1 Å². The van der Waals surface area contributed by atoms with E-state index < -0.39 is 11.9 Å². The fraction of sp³-hybridized carbons (Fsp3) is 0.267. The van der Waals surface area contributed by atoms with Crippen LogP contribution in [0.5, 0.6) is 0 Å². The molecule has 1 aromatic heterocycles. The predicted octanol–water partition coefficient (Wildman–Crippen LogP) is 1.95. The number of ether oxygens (including phenoxy) is 2. The fourth-order valence-electron chi connectivity index (χ4n) is 2.22. The van der Waals surface area contributed by atoms with Crippen molar-refractivity contribution in [3.8, 4) is 6.07 Å². The number of hydrogen-bond donors (Lipinski definition) is 1. The smallest absolute Gasteiger partial charge is 0.340 e. The molecule has 22 heavy (non-hydrogen) atoms. The van der Waals surface area contributed by atoms with Crippen molar-refractivity contribution < 1.29 is 14.3 Å². The van der Waals surface area contributed by atoms with Crippen molar-refractivity contribution >= 4 is 17.6 Å². The molecule has 114 valence electrons. The van der Waals surface area contributed by atoms with Gasteiger partial charge in [-0.2, -0.15) is 5.26 Å². The fourth-order valence-corrected chi connectivity index (χ4v) is 2.42. The van der Waals surface area contributed by atoms with Crippen LogP contribution >= 0.6 is 11.6 Å². The van der Waals surface area contributed by atoms with Gasteiger partial charge >= 0.3 is 5.97 Å². The highest BCUT2D eigenvalue weighted by Crippen LogP contribution is 2.39. The molecule has 0 fully saturated rings. The predicted molar refractivity (Wildman–Crippen MR) is 79.3 cm³/mol. The van der Waals surface area contributed by atoms with Gasteiger partial charge in [-0.15, -0.1) is 11.6 Å². The zero-order chi connectivity index (χ0) is 16.1. The van der Waals surface area contributed by atoms with E-state index in [0.717, 1.165) is 0 Å². The van der Waals surface area contributed by atoms with Gasteiger partial charge in [0.05, 0.1) is 30.0 Å². The standard InChI is InChI=1S/C15H14ClN3O3/c1-2-21-15(20)13-12(9-4-3-5-19-8-9)10(7-17)11(6-16)22-14(13)18/h3-5,8,12H,2,6,18H2,1H3/t12-/m0/s1. The molecule has 0 bridgehead atoms. The van der Waals surface area contributed by atoms with Crippen molar-refractivity contribution in [3.05, 3.63) is 52.9 Å². The Morgan fingerprint density at radius 2 is 2.41 bits per heavy atom. The van der Waals surface area contributed by atoms with Crippen molar-refractivity contribution in [3.63, 3.8) is 0 Å². The van der Waals surface area contributed by atoms with Crippen molar-refractivity contribution in [2.24, 2.45) is 5.73 Å². The second-order valence-electron chi connectivity index (χ2n) is 4.40. The lowest BCUT2D eigenvalue weighted by atomic mass is 9.84. The average molecular weight is 320 g/mol. The Morgan fingerprint density at radius 3 is 2.95 bits per heavy atom. The summed E-state index contributed by atoms with van der Waals surface area (Å²) >= 11 is 5.82. The van der Waals surface area contributed by atoms with Crippen LogP contribution in [-0.4, -0.2) is 23.4 Å². The maximum atomic E-state index is 12.2. The first-order chi connectivity index (χ1) is 10.6. The summed E-state index contributed by atoms with van der Waals surface area (Å²) in [6.45, 7) is 1.87. The van der Waals surface area contributed by atoms with Crippen LogP contribution in [0.4, 0.5) is 0 Å². The average Bonchev–Trinajstić information content (AvgIpc) is 2.54. The zero-order valence-electron chi connectivity index (χ0n) is 11.9. The minimum absolute atomic E-state index is 0.0313. The zero-order valence-corrected chi connectivity index (χ0v) is 12.6. The largest absolute Gasteiger partial charge is 0.462 e. The summed E-state index contributed by atoms with van der Waals surface area (Å²) in [6, 6.07) is 5.50. The number of halogens is 1. The van der Waals surface area contributed by atoms with Gasteiger partial charge in [-0.05, 0) is 18.6 Å². The third kappa shape index (κ3) is 2.90. The van der Waals surface area contributed by atoms with Crippen LogP contribution < -0.4 is 5.73 Å². The molecule has 0 radical (unpaired) electrons. The third-order valence-corrected chi connectivity index (χ3v) is 3.37. The SMILES string of the molecule is CCOC(=O)C1=C(N)OC(CCl)=C(C#N)[C@@H]1c1cccnc1. The van der Waals surface area contributed by atoms with Crippen molar-refractivity contribution in [1.82, 2.24) is 4.98 Å². The quantitative estimate of drug-likeness (QED) is 0.672. The molecular weight excluding hydrogens is 306 g/mol. The molecule has 2 N–H and O–H groups in total. The molecule has 0 aromatic carbocycles. The first-order valence-corrected chi connectivity index (χ1v) is 7.11. The number of nitrogens with two attached hydrogens (primary N) is 1. The molecule has 0 aliphatic carbocycles. The van der Waals surface area contributed by atoms with Gasteiger partial charge in [0.15, 0.2) is 0 Å². The van der Waals surface area contributed by atoms with Gasteiger partial charge in [-0.25, -0.2) is 4.79 Å². The van der Waals surface area contributed by atoms with Gasteiger partial charge in [0.1, 0.15) is 11.3 Å². The summed E-state index contributed by atoms with van der Waals surface area (Å²) < 4.78 is 10.4. The summed E-state index contributed by atoms with van der Waals surface area (Å²) in [6.07, 6.45) is 3.16. The van der Waals surface area contributed by atoms with E-state index in [-0.39, 0.29) is 35.3 Å². The first-order valence-electron chi connectivity index (χ1n) is 6.57. The van der Waals surface area contributed by atoms with Gasteiger partial charge in [0.2, 0.25) is 5.88 Å². The van der Waals surface area contributed by atoms with Gasteiger partial charge < -0.3 is 15.2 Å². The van der Waals surface area contributed by atoms with Gasteiger partial charge in [0, 0.05) is 12.4 Å². The maximum absolute atomic E-state index is 12.2. The van der Waals surface area contributed by atoms with E-state index in [1.54, 1.807) is 31.5 Å². The Kier molecular flexibility index (Phi) is 5.02.